The molecule has 37 heavy (non-hydrogen) atoms. The molecule has 2 aliphatic rings. The molecular formula is C31H30O6. The van der Waals surface area contributed by atoms with E-state index in [-0.39, 0.29) is 18.2 Å². The normalized spacial score (nSPS) is 21.1. The van der Waals surface area contributed by atoms with Gasteiger partial charge in [-0.1, -0.05) is 18.2 Å². The number of carbonyl (C=O) groups excluding carboxylic acids is 1. The number of hydrogen-bond acceptors (Lipinski definition) is 6. The molecule has 0 N–H and O–H groups in total. The largest absolute Gasteiger partial charge is 0.489 e. The van der Waals surface area contributed by atoms with Crippen LogP contribution in [0, 0.1) is 0 Å². The van der Waals surface area contributed by atoms with Crippen LogP contribution in [0.15, 0.2) is 71.3 Å². The van der Waals surface area contributed by atoms with Gasteiger partial charge in [0.1, 0.15) is 24.7 Å². The Morgan fingerprint density at radius 1 is 1.00 bits per heavy atom. The fourth-order valence-corrected chi connectivity index (χ4v) is 5.78. The maximum Gasteiger partial charge on any atom is 0.338 e. The number of benzene rings is 3. The van der Waals surface area contributed by atoms with Crippen molar-refractivity contribution in [3.63, 3.8) is 0 Å². The average molecular weight is 499 g/mol. The van der Waals surface area contributed by atoms with E-state index in [4.69, 9.17) is 23.4 Å². The van der Waals surface area contributed by atoms with E-state index in [2.05, 4.69) is 24.3 Å². The molecule has 190 valence electrons. The number of hydrogen-bond donors (Lipinski definition) is 0. The first-order chi connectivity index (χ1) is 18.1. The number of cyclic esters (lactones) is 1. The van der Waals surface area contributed by atoms with E-state index in [1.807, 2.05) is 36.4 Å². The summed E-state index contributed by atoms with van der Waals surface area (Å²) >= 11 is 0. The summed E-state index contributed by atoms with van der Waals surface area (Å²) in [7, 11) is 3.58. The van der Waals surface area contributed by atoms with Gasteiger partial charge in [-0.05, 0) is 90.0 Å². The van der Waals surface area contributed by atoms with Crippen LogP contribution in [-0.4, -0.2) is 26.3 Å². The van der Waals surface area contributed by atoms with Crippen LogP contribution < -0.4 is 4.74 Å². The zero-order chi connectivity index (χ0) is 25.4. The molecule has 0 radical (unpaired) electrons. The lowest BCUT2D eigenvalue weighted by Crippen LogP contribution is -2.36. The minimum Gasteiger partial charge on any atom is -0.489 e. The Bertz CT molecular complexity index is 1430. The number of furan rings is 1. The first-order valence-electron chi connectivity index (χ1n) is 12.7. The number of methoxy groups -OCH3 is 2. The third-order valence-corrected chi connectivity index (χ3v) is 7.88. The van der Waals surface area contributed by atoms with Gasteiger partial charge in [-0.3, -0.25) is 0 Å². The molecule has 0 saturated heterocycles. The van der Waals surface area contributed by atoms with Gasteiger partial charge in [-0.15, -0.1) is 0 Å². The summed E-state index contributed by atoms with van der Waals surface area (Å²) in [5.74, 6) is 1.15. The van der Waals surface area contributed by atoms with Crippen molar-refractivity contribution in [2.75, 3.05) is 14.2 Å². The van der Waals surface area contributed by atoms with Crippen molar-refractivity contribution in [2.24, 2.45) is 0 Å². The Morgan fingerprint density at radius 2 is 1.86 bits per heavy atom. The Labute approximate surface area is 216 Å². The summed E-state index contributed by atoms with van der Waals surface area (Å²) in [6.45, 7) is 0.682. The first-order valence-corrected chi connectivity index (χ1v) is 12.7. The highest BCUT2D eigenvalue weighted by Gasteiger charge is 2.37. The summed E-state index contributed by atoms with van der Waals surface area (Å²) in [6, 6.07) is 20.1. The highest BCUT2D eigenvalue weighted by atomic mass is 16.5. The van der Waals surface area contributed by atoms with Crippen LogP contribution in [0.3, 0.4) is 0 Å². The SMILES string of the molecule is COC1CCC(OC)(c2cccc(COc3ccc4c(-c5ccco5)c5c(cc4c3)C(=O)OC5)c2)CC1. The molecule has 0 spiro atoms. The van der Waals surface area contributed by atoms with Crippen LogP contribution in [0.5, 0.6) is 5.75 Å². The van der Waals surface area contributed by atoms with Gasteiger partial charge in [-0.2, -0.15) is 0 Å². The van der Waals surface area contributed by atoms with Gasteiger partial charge in [0.2, 0.25) is 0 Å². The van der Waals surface area contributed by atoms with E-state index in [0.29, 0.717) is 18.3 Å². The van der Waals surface area contributed by atoms with E-state index in [1.54, 1.807) is 20.5 Å². The lowest BCUT2D eigenvalue weighted by Gasteiger charge is -2.39. The highest BCUT2D eigenvalue weighted by molar-refractivity contribution is 6.06. The number of carbonyl (C=O) groups is 1. The molecule has 4 aromatic rings. The summed E-state index contributed by atoms with van der Waals surface area (Å²) in [4.78, 5) is 12.4. The molecule has 6 nitrogen and oxygen atoms in total. The third kappa shape index (κ3) is 4.30. The zero-order valence-corrected chi connectivity index (χ0v) is 21.1. The summed E-state index contributed by atoms with van der Waals surface area (Å²) in [5, 5.41) is 1.90. The lowest BCUT2D eigenvalue weighted by molar-refractivity contribution is -0.0762. The molecule has 1 fully saturated rings. The predicted octanol–water partition coefficient (Wildman–Crippen LogP) is 6.78. The predicted molar refractivity (Wildman–Crippen MR) is 139 cm³/mol. The van der Waals surface area contributed by atoms with Crippen molar-refractivity contribution < 1.29 is 28.2 Å². The van der Waals surface area contributed by atoms with Crippen molar-refractivity contribution in [3.8, 4) is 17.1 Å². The van der Waals surface area contributed by atoms with Gasteiger partial charge in [0.05, 0.1) is 23.5 Å². The van der Waals surface area contributed by atoms with Gasteiger partial charge in [0, 0.05) is 25.3 Å². The van der Waals surface area contributed by atoms with Crippen molar-refractivity contribution in [3.05, 3.63) is 89.2 Å². The van der Waals surface area contributed by atoms with Crippen molar-refractivity contribution in [1.29, 1.82) is 0 Å². The average Bonchev–Trinajstić information content (AvgIpc) is 3.61. The van der Waals surface area contributed by atoms with E-state index in [1.165, 1.54) is 5.56 Å². The van der Waals surface area contributed by atoms with Crippen molar-refractivity contribution >= 4 is 16.7 Å². The molecule has 0 bridgehead atoms. The van der Waals surface area contributed by atoms with Crippen molar-refractivity contribution in [1.82, 2.24) is 0 Å². The smallest absolute Gasteiger partial charge is 0.338 e. The van der Waals surface area contributed by atoms with Gasteiger partial charge in [0.25, 0.3) is 0 Å². The minimum absolute atomic E-state index is 0.254. The molecule has 1 saturated carbocycles. The maximum atomic E-state index is 12.4. The molecule has 1 aliphatic heterocycles. The molecule has 1 aromatic heterocycles. The molecule has 0 unspecified atom stereocenters. The first kappa shape index (κ1) is 23.8. The molecule has 0 atom stereocenters. The lowest BCUT2D eigenvalue weighted by atomic mass is 9.78. The van der Waals surface area contributed by atoms with Gasteiger partial charge in [0.15, 0.2) is 0 Å². The Balaban J connectivity index is 1.26. The van der Waals surface area contributed by atoms with Crippen LogP contribution >= 0.6 is 0 Å². The molecule has 6 rings (SSSR count). The molecule has 3 aromatic carbocycles. The minimum atomic E-state index is -0.306. The van der Waals surface area contributed by atoms with Crippen LogP contribution in [0.2, 0.25) is 0 Å². The second kappa shape index (κ2) is 9.69. The summed E-state index contributed by atoms with van der Waals surface area (Å²) in [5.41, 5.74) is 4.32. The van der Waals surface area contributed by atoms with Gasteiger partial charge in [-0.25, -0.2) is 4.79 Å². The van der Waals surface area contributed by atoms with E-state index in [0.717, 1.165) is 64.7 Å². The summed E-state index contributed by atoms with van der Waals surface area (Å²) in [6.07, 6.45) is 5.78. The van der Waals surface area contributed by atoms with Crippen LogP contribution in [0.1, 0.15) is 52.7 Å². The zero-order valence-electron chi connectivity index (χ0n) is 21.1. The van der Waals surface area contributed by atoms with Crippen molar-refractivity contribution in [2.45, 2.75) is 50.6 Å². The van der Waals surface area contributed by atoms with Gasteiger partial charge >= 0.3 is 5.97 Å². The second-order valence-electron chi connectivity index (χ2n) is 9.84. The van der Waals surface area contributed by atoms with Crippen LogP contribution in [-0.2, 0) is 33.0 Å². The number of esters is 1. The van der Waals surface area contributed by atoms with Crippen LogP contribution in [0.4, 0.5) is 0 Å². The maximum absolute atomic E-state index is 12.4. The Kier molecular flexibility index (Phi) is 6.22. The molecule has 1 aliphatic carbocycles. The molecule has 2 heterocycles. The second-order valence-corrected chi connectivity index (χ2v) is 9.84. The fourth-order valence-electron chi connectivity index (χ4n) is 5.78. The quantitative estimate of drug-likeness (QED) is 0.262. The number of fused-ring (bicyclic) bond motifs is 2. The summed E-state index contributed by atoms with van der Waals surface area (Å²) < 4.78 is 28.9. The highest BCUT2D eigenvalue weighted by Crippen LogP contribution is 2.42. The van der Waals surface area contributed by atoms with Crippen LogP contribution in [0.25, 0.3) is 22.1 Å². The Morgan fingerprint density at radius 3 is 2.62 bits per heavy atom. The third-order valence-electron chi connectivity index (χ3n) is 7.88. The number of rotatable bonds is 7. The Hall–Kier alpha value is -3.61. The standard InChI is InChI=1S/C31H30O6/c1-33-23-10-12-31(34-2,13-11-23)22-6-3-5-20(15-22)18-36-24-8-9-25-21(16-24)17-26-27(19-37-30(26)32)29(25)28-7-4-14-35-28/h3-9,14-17,23H,10-13,18-19H2,1-2H3. The fraction of sp³-hybridized carbons (Fsp3) is 0.323. The molecular weight excluding hydrogens is 468 g/mol. The van der Waals surface area contributed by atoms with Gasteiger partial charge < -0.3 is 23.4 Å². The van der Waals surface area contributed by atoms with E-state index < -0.39 is 0 Å². The molecule has 6 heteroatoms. The monoisotopic (exact) mass is 498 g/mol. The number of ether oxygens (including phenoxy) is 4. The topological polar surface area (TPSA) is 67.1 Å². The molecule has 0 amide bonds. The van der Waals surface area contributed by atoms with E-state index >= 15 is 0 Å². The van der Waals surface area contributed by atoms with E-state index in [9.17, 15) is 4.79 Å².